The summed E-state index contributed by atoms with van der Waals surface area (Å²) >= 11 is 0. The molecule has 0 saturated heterocycles. The van der Waals surface area contributed by atoms with E-state index in [1.807, 2.05) is 13.8 Å². The molecule has 0 fully saturated rings. The van der Waals surface area contributed by atoms with Crippen molar-refractivity contribution < 1.29 is 9.53 Å². The standard InChI is InChI=1S/C11H17N3O2/c1-4-14(5-2)10-8-7-9(12-13-10)11(15)16-6-3/h7-8H,4-6H2,1-3H3. The Bertz CT molecular complexity index is 334. The van der Waals surface area contributed by atoms with E-state index in [0.717, 1.165) is 18.9 Å². The van der Waals surface area contributed by atoms with E-state index in [0.29, 0.717) is 6.61 Å². The number of carbonyl (C=O) groups excluding carboxylic acids is 1. The summed E-state index contributed by atoms with van der Waals surface area (Å²) in [7, 11) is 0. The highest BCUT2D eigenvalue weighted by Crippen LogP contribution is 2.09. The molecule has 0 amide bonds. The van der Waals surface area contributed by atoms with Gasteiger partial charge >= 0.3 is 5.97 Å². The van der Waals surface area contributed by atoms with Crippen molar-refractivity contribution in [2.24, 2.45) is 0 Å². The van der Waals surface area contributed by atoms with Gasteiger partial charge in [0.05, 0.1) is 6.61 Å². The minimum atomic E-state index is -0.430. The lowest BCUT2D eigenvalue weighted by molar-refractivity contribution is 0.0518. The van der Waals surface area contributed by atoms with Crippen LogP contribution in [0.4, 0.5) is 5.82 Å². The summed E-state index contributed by atoms with van der Waals surface area (Å²) in [5, 5.41) is 7.85. The van der Waals surface area contributed by atoms with Gasteiger partial charge in [0, 0.05) is 13.1 Å². The number of hydrogen-bond donors (Lipinski definition) is 0. The van der Waals surface area contributed by atoms with Crippen molar-refractivity contribution >= 4 is 11.8 Å². The Kier molecular flexibility index (Phi) is 4.69. The van der Waals surface area contributed by atoms with Crippen molar-refractivity contribution in [1.29, 1.82) is 0 Å². The molecule has 0 unspecified atom stereocenters. The summed E-state index contributed by atoms with van der Waals surface area (Å²) in [5.41, 5.74) is 0.248. The first-order valence-corrected chi connectivity index (χ1v) is 5.48. The monoisotopic (exact) mass is 223 g/mol. The molecule has 0 saturated carbocycles. The number of nitrogens with zero attached hydrogens (tertiary/aromatic N) is 3. The first kappa shape index (κ1) is 12.4. The van der Waals surface area contributed by atoms with Gasteiger partial charge in [-0.2, -0.15) is 0 Å². The van der Waals surface area contributed by atoms with Crippen molar-refractivity contribution in [3.05, 3.63) is 17.8 Å². The van der Waals surface area contributed by atoms with Crippen LogP contribution in [0.15, 0.2) is 12.1 Å². The predicted molar refractivity (Wildman–Crippen MR) is 61.5 cm³/mol. The normalized spacial score (nSPS) is 9.94. The van der Waals surface area contributed by atoms with Crippen LogP contribution in [-0.4, -0.2) is 35.9 Å². The molecular formula is C11H17N3O2. The van der Waals surface area contributed by atoms with Crippen molar-refractivity contribution in [3.8, 4) is 0 Å². The van der Waals surface area contributed by atoms with E-state index < -0.39 is 5.97 Å². The van der Waals surface area contributed by atoms with Crippen LogP contribution in [0.1, 0.15) is 31.3 Å². The molecule has 0 radical (unpaired) electrons. The fourth-order valence-electron chi connectivity index (χ4n) is 1.36. The molecule has 1 heterocycles. The molecule has 88 valence electrons. The molecule has 1 aromatic rings. The molecule has 0 aliphatic heterocycles. The average Bonchev–Trinajstić information content (AvgIpc) is 2.32. The van der Waals surface area contributed by atoms with E-state index in [2.05, 4.69) is 15.1 Å². The number of aromatic nitrogens is 2. The average molecular weight is 223 g/mol. The molecule has 1 rings (SSSR count). The zero-order valence-electron chi connectivity index (χ0n) is 9.93. The molecule has 1 aromatic heterocycles. The minimum absolute atomic E-state index is 0.248. The number of rotatable bonds is 5. The molecule has 0 aliphatic rings. The van der Waals surface area contributed by atoms with E-state index in [-0.39, 0.29) is 5.69 Å². The predicted octanol–water partition coefficient (Wildman–Crippen LogP) is 1.50. The molecule has 0 bridgehead atoms. The lowest BCUT2D eigenvalue weighted by Crippen LogP contribution is -2.23. The highest BCUT2D eigenvalue weighted by atomic mass is 16.5. The third-order valence-corrected chi connectivity index (χ3v) is 2.22. The summed E-state index contributed by atoms with van der Waals surface area (Å²) in [6.45, 7) is 7.93. The number of hydrogen-bond acceptors (Lipinski definition) is 5. The molecule has 0 atom stereocenters. The first-order chi connectivity index (χ1) is 7.72. The van der Waals surface area contributed by atoms with Gasteiger partial charge < -0.3 is 9.64 Å². The second-order valence-electron chi connectivity index (χ2n) is 3.17. The maximum absolute atomic E-state index is 11.3. The Labute approximate surface area is 95.4 Å². The third kappa shape index (κ3) is 2.92. The van der Waals surface area contributed by atoms with Gasteiger partial charge in [0.15, 0.2) is 11.5 Å². The van der Waals surface area contributed by atoms with Crippen LogP contribution in [0.3, 0.4) is 0 Å². The van der Waals surface area contributed by atoms with Gasteiger partial charge in [-0.05, 0) is 32.9 Å². The van der Waals surface area contributed by atoms with Gasteiger partial charge in [0.2, 0.25) is 0 Å². The molecule has 0 aliphatic carbocycles. The van der Waals surface area contributed by atoms with Gasteiger partial charge in [-0.1, -0.05) is 0 Å². The maximum atomic E-state index is 11.3. The summed E-state index contributed by atoms with van der Waals surface area (Å²) < 4.78 is 4.83. The summed E-state index contributed by atoms with van der Waals surface area (Å²) in [6, 6.07) is 3.42. The first-order valence-electron chi connectivity index (χ1n) is 5.48. The van der Waals surface area contributed by atoms with E-state index in [1.165, 1.54) is 0 Å². The molecular weight excluding hydrogens is 206 g/mol. The van der Waals surface area contributed by atoms with Gasteiger partial charge in [0.1, 0.15) is 0 Å². The van der Waals surface area contributed by atoms with E-state index >= 15 is 0 Å². The largest absolute Gasteiger partial charge is 0.461 e. The van der Waals surface area contributed by atoms with Gasteiger partial charge in [-0.3, -0.25) is 0 Å². The molecule has 5 nitrogen and oxygen atoms in total. The number of carbonyl (C=O) groups is 1. The number of esters is 1. The Balaban J connectivity index is 2.78. The van der Waals surface area contributed by atoms with Gasteiger partial charge in [-0.15, -0.1) is 10.2 Å². The number of anilines is 1. The second kappa shape index (κ2) is 6.05. The minimum Gasteiger partial charge on any atom is -0.461 e. The summed E-state index contributed by atoms with van der Waals surface area (Å²) in [5.74, 6) is 0.346. The molecule has 16 heavy (non-hydrogen) atoms. The highest BCUT2D eigenvalue weighted by Gasteiger charge is 2.10. The Morgan fingerprint density at radius 1 is 1.25 bits per heavy atom. The van der Waals surface area contributed by atoms with Crippen LogP contribution >= 0.6 is 0 Å². The zero-order chi connectivity index (χ0) is 12.0. The Morgan fingerprint density at radius 2 is 1.94 bits per heavy atom. The van der Waals surface area contributed by atoms with Gasteiger partial charge in [0.25, 0.3) is 0 Å². The van der Waals surface area contributed by atoms with E-state index in [1.54, 1.807) is 19.1 Å². The SMILES string of the molecule is CCOC(=O)c1ccc(N(CC)CC)nn1. The highest BCUT2D eigenvalue weighted by molar-refractivity contribution is 5.87. The molecule has 0 aromatic carbocycles. The number of ether oxygens (including phenoxy) is 1. The van der Waals surface area contributed by atoms with Crippen molar-refractivity contribution in [2.75, 3.05) is 24.6 Å². The zero-order valence-corrected chi connectivity index (χ0v) is 9.93. The van der Waals surface area contributed by atoms with Crippen molar-refractivity contribution in [2.45, 2.75) is 20.8 Å². The smallest absolute Gasteiger partial charge is 0.358 e. The topological polar surface area (TPSA) is 55.3 Å². The summed E-state index contributed by atoms with van der Waals surface area (Å²) in [6.07, 6.45) is 0. The molecule has 5 heteroatoms. The Morgan fingerprint density at radius 3 is 2.38 bits per heavy atom. The van der Waals surface area contributed by atoms with Crippen molar-refractivity contribution in [1.82, 2.24) is 10.2 Å². The van der Waals surface area contributed by atoms with Crippen LogP contribution < -0.4 is 4.90 Å². The van der Waals surface area contributed by atoms with Gasteiger partial charge in [-0.25, -0.2) is 4.79 Å². The fourth-order valence-corrected chi connectivity index (χ4v) is 1.36. The van der Waals surface area contributed by atoms with E-state index in [4.69, 9.17) is 4.74 Å². The Hall–Kier alpha value is -1.65. The second-order valence-corrected chi connectivity index (χ2v) is 3.17. The quantitative estimate of drug-likeness (QED) is 0.708. The van der Waals surface area contributed by atoms with Crippen LogP contribution in [0.25, 0.3) is 0 Å². The third-order valence-electron chi connectivity index (χ3n) is 2.22. The van der Waals surface area contributed by atoms with Crippen LogP contribution in [0.5, 0.6) is 0 Å². The molecule has 0 spiro atoms. The lowest BCUT2D eigenvalue weighted by atomic mass is 10.3. The summed E-state index contributed by atoms with van der Waals surface area (Å²) in [4.78, 5) is 13.4. The fraction of sp³-hybridized carbons (Fsp3) is 0.545. The van der Waals surface area contributed by atoms with Crippen molar-refractivity contribution in [3.63, 3.8) is 0 Å². The lowest BCUT2D eigenvalue weighted by Gasteiger charge is -2.18. The van der Waals surface area contributed by atoms with Crippen LogP contribution in [-0.2, 0) is 4.74 Å². The molecule has 0 N–H and O–H groups in total. The van der Waals surface area contributed by atoms with Crippen LogP contribution in [0, 0.1) is 0 Å². The van der Waals surface area contributed by atoms with Crippen LogP contribution in [0.2, 0.25) is 0 Å². The maximum Gasteiger partial charge on any atom is 0.358 e. The van der Waals surface area contributed by atoms with E-state index in [9.17, 15) is 4.79 Å².